The number of hydrogen-bond acceptors (Lipinski definition) is 2. The molecule has 1 heterocycles. The van der Waals surface area contributed by atoms with E-state index in [1.54, 1.807) is 0 Å². The fourth-order valence-corrected chi connectivity index (χ4v) is 1.92. The summed E-state index contributed by atoms with van der Waals surface area (Å²) in [5.41, 5.74) is 1.51. The smallest absolute Gasteiger partial charge is 0.0235 e. The summed E-state index contributed by atoms with van der Waals surface area (Å²) in [6, 6.07) is 0. The van der Waals surface area contributed by atoms with Crippen molar-refractivity contribution in [2.45, 2.75) is 26.7 Å². The normalized spacial score (nSPS) is 32.6. The van der Waals surface area contributed by atoms with Crippen molar-refractivity contribution in [3.63, 3.8) is 0 Å². The summed E-state index contributed by atoms with van der Waals surface area (Å²) in [7, 11) is 2.01. The molecule has 0 spiro atoms. The van der Waals surface area contributed by atoms with Crippen LogP contribution in [-0.2, 0) is 0 Å². The molecule has 1 aliphatic rings. The van der Waals surface area contributed by atoms with Crippen molar-refractivity contribution < 1.29 is 0 Å². The van der Waals surface area contributed by atoms with E-state index in [0.717, 1.165) is 13.1 Å². The van der Waals surface area contributed by atoms with Crippen LogP contribution >= 0.6 is 0 Å². The van der Waals surface area contributed by atoms with Gasteiger partial charge in [-0.3, -0.25) is 0 Å². The van der Waals surface area contributed by atoms with Gasteiger partial charge >= 0.3 is 0 Å². The summed E-state index contributed by atoms with van der Waals surface area (Å²) in [4.78, 5) is 0. The Morgan fingerprint density at radius 2 is 2.19 bits per heavy atom. The summed E-state index contributed by atoms with van der Waals surface area (Å²) in [6.07, 6.45) is 13.2. The van der Waals surface area contributed by atoms with E-state index in [1.807, 2.05) is 7.05 Å². The lowest BCUT2D eigenvalue weighted by Gasteiger charge is -2.30. The molecule has 16 heavy (non-hydrogen) atoms. The Bertz CT molecular complexity index is 289. The van der Waals surface area contributed by atoms with Gasteiger partial charge in [0.2, 0.25) is 0 Å². The molecule has 0 aromatic heterocycles. The van der Waals surface area contributed by atoms with Gasteiger partial charge in [-0.25, -0.2) is 0 Å². The van der Waals surface area contributed by atoms with E-state index in [9.17, 15) is 0 Å². The Hall–Kier alpha value is -1.02. The Balaban J connectivity index is 2.78. The first-order valence-electron chi connectivity index (χ1n) is 6.14. The predicted octanol–water partition coefficient (Wildman–Crippen LogP) is 2.61. The van der Waals surface area contributed by atoms with Crippen LogP contribution in [0, 0.1) is 5.41 Å². The van der Waals surface area contributed by atoms with Crippen LogP contribution in [0.5, 0.6) is 0 Å². The van der Waals surface area contributed by atoms with Crippen molar-refractivity contribution in [2.24, 2.45) is 5.41 Å². The highest BCUT2D eigenvalue weighted by Gasteiger charge is 2.24. The average Bonchev–Trinajstić information content (AvgIpc) is 2.39. The molecule has 0 saturated carbocycles. The quantitative estimate of drug-likeness (QED) is 0.761. The van der Waals surface area contributed by atoms with Crippen LogP contribution in [0.2, 0.25) is 0 Å². The molecule has 0 radical (unpaired) electrons. The number of rotatable bonds is 4. The molecule has 1 atom stereocenters. The zero-order chi connectivity index (χ0) is 11.9. The molecule has 1 aliphatic heterocycles. The Morgan fingerprint density at radius 1 is 1.38 bits per heavy atom. The van der Waals surface area contributed by atoms with E-state index in [4.69, 9.17) is 0 Å². The van der Waals surface area contributed by atoms with E-state index >= 15 is 0 Å². The lowest BCUT2D eigenvalue weighted by Crippen LogP contribution is -2.34. The van der Waals surface area contributed by atoms with Crippen LogP contribution in [0.25, 0.3) is 0 Å². The van der Waals surface area contributed by atoms with Gasteiger partial charge < -0.3 is 10.6 Å². The topological polar surface area (TPSA) is 24.1 Å². The molecule has 2 N–H and O–H groups in total. The predicted molar refractivity (Wildman–Crippen MR) is 71.3 cm³/mol. The summed E-state index contributed by atoms with van der Waals surface area (Å²) >= 11 is 0. The molecule has 1 rings (SSSR count). The Morgan fingerprint density at radius 3 is 2.88 bits per heavy atom. The van der Waals surface area contributed by atoms with Gasteiger partial charge in [-0.2, -0.15) is 0 Å². The van der Waals surface area contributed by atoms with Crippen LogP contribution in [0.15, 0.2) is 36.1 Å². The average molecular weight is 220 g/mol. The van der Waals surface area contributed by atoms with Crippen molar-refractivity contribution in [2.75, 3.05) is 20.1 Å². The van der Waals surface area contributed by atoms with Crippen molar-refractivity contribution in [3.8, 4) is 0 Å². The van der Waals surface area contributed by atoms with E-state index in [0.29, 0.717) is 0 Å². The first-order chi connectivity index (χ1) is 7.72. The molecular formula is C14H24N2. The van der Waals surface area contributed by atoms with Gasteiger partial charge in [0.1, 0.15) is 0 Å². The monoisotopic (exact) mass is 220 g/mol. The van der Waals surface area contributed by atoms with Gasteiger partial charge in [-0.1, -0.05) is 31.2 Å². The van der Waals surface area contributed by atoms with Crippen LogP contribution in [0.4, 0.5) is 0 Å². The fraction of sp³-hybridized carbons (Fsp3) is 0.571. The van der Waals surface area contributed by atoms with E-state index in [2.05, 4.69) is 54.9 Å². The van der Waals surface area contributed by atoms with Crippen LogP contribution in [-0.4, -0.2) is 20.1 Å². The Labute approximate surface area is 99.5 Å². The third-order valence-electron chi connectivity index (χ3n) is 3.31. The first kappa shape index (κ1) is 13.0. The first-order valence-corrected chi connectivity index (χ1v) is 6.14. The number of allylic oxidation sites excluding steroid dienone is 5. The highest BCUT2D eigenvalue weighted by atomic mass is 14.9. The molecule has 0 bridgehead atoms. The van der Waals surface area contributed by atoms with Crippen LogP contribution in [0.3, 0.4) is 0 Å². The van der Waals surface area contributed by atoms with Gasteiger partial charge in [-0.05, 0) is 39.4 Å². The highest BCUT2D eigenvalue weighted by molar-refractivity contribution is 5.19. The molecule has 0 saturated heterocycles. The maximum absolute atomic E-state index is 3.51. The lowest BCUT2D eigenvalue weighted by molar-refractivity contribution is 0.325. The molecule has 0 aromatic carbocycles. The van der Waals surface area contributed by atoms with Gasteiger partial charge in [0.05, 0.1) is 0 Å². The minimum absolute atomic E-state index is 0.271. The molecule has 90 valence electrons. The molecule has 0 aromatic rings. The van der Waals surface area contributed by atoms with Gasteiger partial charge in [0.15, 0.2) is 0 Å². The second-order valence-corrected chi connectivity index (χ2v) is 4.52. The summed E-state index contributed by atoms with van der Waals surface area (Å²) in [5.74, 6) is 0. The molecular weight excluding hydrogens is 196 g/mol. The van der Waals surface area contributed by atoms with Crippen molar-refractivity contribution in [1.82, 2.24) is 10.6 Å². The Kier molecular flexibility index (Phi) is 5.33. The number of hydrogen-bond donors (Lipinski definition) is 2. The third-order valence-corrected chi connectivity index (χ3v) is 3.31. The maximum atomic E-state index is 3.51. The zero-order valence-electron chi connectivity index (χ0n) is 10.7. The van der Waals surface area contributed by atoms with Gasteiger partial charge in [-0.15, -0.1) is 0 Å². The summed E-state index contributed by atoms with van der Waals surface area (Å²) in [5, 5.41) is 6.75. The number of nitrogens with one attached hydrogen (secondary N) is 2. The lowest BCUT2D eigenvalue weighted by atomic mass is 9.81. The van der Waals surface area contributed by atoms with E-state index < -0.39 is 0 Å². The second-order valence-electron chi connectivity index (χ2n) is 4.52. The molecule has 2 nitrogen and oxygen atoms in total. The highest BCUT2D eigenvalue weighted by Crippen LogP contribution is 2.28. The summed E-state index contributed by atoms with van der Waals surface area (Å²) < 4.78 is 0. The molecule has 0 fully saturated rings. The molecule has 0 aliphatic carbocycles. The third kappa shape index (κ3) is 3.86. The van der Waals surface area contributed by atoms with Gasteiger partial charge in [0.25, 0.3) is 0 Å². The standard InChI is InChI=1S/C14H24N2/c1-4-14(10-11-15-3)9-7-5-6-8-13(2)16-12-14/h5-9,15-16H,4,10-12H2,1-3H3/b6-5-,9-7+,13-8+. The maximum Gasteiger partial charge on any atom is 0.0235 e. The summed E-state index contributed by atoms with van der Waals surface area (Å²) in [6.45, 7) is 6.47. The fourth-order valence-electron chi connectivity index (χ4n) is 1.92. The molecule has 0 amide bonds. The minimum atomic E-state index is 0.271. The molecule has 1 unspecified atom stereocenters. The SMILES string of the molecule is CCC1(CCNC)/C=C/C=C\C=C(/C)NC1. The van der Waals surface area contributed by atoms with E-state index in [1.165, 1.54) is 18.5 Å². The van der Waals surface area contributed by atoms with Crippen molar-refractivity contribution >= 4 is 0 Å². The largest absolute Gasteiger partial charge is 0.388 e. The zero-order valence-corrected chi connectivity index (χ0v) is 10.7. The van der Waals surface area contributed by atoms with Crippen LogP contribution in [0.1, 0.15) is 26.7 Å². The van der Waals surface area contributed by atoms with Gasteiger partial charge in [0, 0.05) is 17.7 Å². The van der Waals surface area contributed by atoms with Crippen molar-refractivity contribution in [1.29, 1.82) is 0 Å². The molecule has 2 heteroatoms. The minimum Gasteiger partial charge on any atom is -0.388 e. The second kappa shape index (κ2) is 6.54. The van der Waals surface area contributed by atoms with E-state index in [-0.39, 0.29) is 5.41 Å². The van der Waals surface area contributed by atoms with Crippen molar-refractivity contribution in [3.05, 3.63) is 36.1 Å². The van der Waals surface area contributed by atoms with Crippen LogP contribution < -0.4 is 10.6 Å².